The first-order chi connectivity index (χ1) is 11.3. The molecule has 2 aliphatic carbocycles. The maximum Gasteiger partial charge on any atom is 0.225 e. The molecule has 1 aliphatic heterocycles. The summed E-state index contributed by atoms with van der Waals surface area (Å²) in [6, 6.07) is 2.08. The number of fused-ring (bicyclic) bond motifs is 1. The van der Waals surface area contributed by atoms with Gasteiger partial charge in [-0.05, 0) is 25.2 Å². The Bertz CT molecular complexity index is 622. The van der Waals surface area contributed by atoms with Gasteiger partial charge in [0.15, 0.2) is 5.78 Å². The van der Waals surface area contributed by atoms with Crippen LogP contribution in [0.4, 0.5) is 0 Å². The Morgan fingerprint density at radius 2 is 1.88 bits per heavy atom. The van der Waals surface area contributed by atoms with Crippen molar-refractivity contribution >= 4 is 11.7 Å². The summed E-state index contributed by atoms with van der Waals surface area (Å²) in [4.78, 5) is 27.5. The maximum atomic E-state index is 12.9. The van der Waals surface area contributed by atoms with E-state index in [-0.39, 0.29) is 34.5 Å². The monoisotopic (exact) mass is 328 g/mol. The van der Waals surface area contributed by atoms with E-state index in [0.29, 0.717) is 6.54 Å². The van der Waals surface area contributed by atoms with Gasteiger partial charge in [0, 0.05) is 29.8 Å². The zero-order chi connectivity index (χ0) is 17.5. The standard InChI is InChI=1S/C20H28N2O2/c1-19(2)16-9-10-22(18(24)14-7-5-4-6-8-14)13-20(16,3)11-15(12-21)17(19)23/h11,14,16H,4-10,13H2,1-3H3/t16-,20+/m1/s1. The first-order valence-electron chi connectivity index (χ1n) is 9.26. The highest BCUT2D eigenvalue weighted by Gasteiger charge is 2.54. The lowest BCUT2D eigenvalue weighted by atomic mass is 9.55. The number of likely N-dealkylation sites (tertiary alicyclic amines) is 1. The van der Waals surface area contributed by atoms with E-state index < -0.39 is 5.41 Å². The Hall–Kier alpha value is -1.63. The number of nitriles is 1. The molecule has 130 valence electrons. The van der Waals surface area contributed by atoms with Gasteiger partial charge in [0.05, 0.1) is 5.57 Å². The van der Waals surface area contributed by atoms with E-state index in [1.54, 1.807) is 0 Å². The molecule has 3 aliphatic rings. The van der Waals surface area contributed by atoms with Gasteiger partial charge in [0.2, 0.25) is 5.91 Å². The molecule has 0 aromatic heterocycles. The number of allylic oxidation sites excluding steroid dienone is 1. The molecule has 1 amide bonds. The number of carbonyl (C=O) groups excluding carboxylic acids is 2. The number of amides is 1. The van der Waals surface area contributed by atoms with Gasteiger partial charge in [-0.3, -0.25) is 9.59 Å². The minimum absolute atomic E-state index is 0.0421. The van der Waals surface area contributed by atoms with Crippen LogP contribution in [0, 0.1) is 34.0 Å². The Morgan fingerprint density at radius 3 is 2.50 bits per heavy atom. The highest BCUT2D eigenvalue weighted by Crippen LogP contribution is 2.52. The molecule has 0 aromatic rings. The number of Topliss-reactive ketones (excluding diaryl/α,β-unsaturated/α-hetero) is 1. The average Bonchev–Trinajstić information content (AvgIpc) is 2.58. The number of nitrogens with zero attached hydrogens (tertiary/aromatic N) is 2. The van der Waals surface area contributed by atoms with Crippen molar-refractivity contribution in [3.63, 3.8) is 0 Å². The molecule has 0 spiro atoms. The van der Waals surface area contributed by atoms with E-state index in [2.05, 4.69) is 13.0 Å². The van der Waals surface area contributed by atoms with Crippen LogP contribution >= 0.6 is 0 Å². The number of carbonyl (C=O) groups is 2. The third-order valence-electron chi connectivity index (χ3n) is 6.58. The van der Waals surface area contributed by atoms with E-state index in [9.17, 15) is 14.9 Å². The maximum absolute atomic E-state index is 12.9. The fraction of sp³-hybridized carbons (Fsp3) is 0.750. The highest BCUT2D eigenvalue weighted by atomic mass is 16.2. The first kappa shape index (κ1) is 17.2. The fourth-order valence-electron chi connectivity index (χ4n) is 5.33. The van der Waals surface area contributed by atoms with Gasteiger partial charge in [-0.15, -0.1) is 0 Å². The van der Waals surface area contributed by atoms with Gasteiger partial charge in [-0.2, -0.15) is 5.26 Å². The lowest BCUT2D eigenvalue weighted by Crippen LogP contribution is -2.57. The molecular formula is C20H28N2O2. The predicted octanol–water partition coefficient (Wildman–Crippen LogP) is 3.48. The molecule has 4 nitrogen and oxygen atoms in total. The molecule has 24 heavy (non-hydrogen) atoms. The molecule has 1 heterocycles. The summed E-state index contributed by atoms with van der Waals surface area (Å²) in [5.41, 5.74) is -0.551. The summed E-state index contributed by atoms with van der Waals surface area (Å²) in [7, 11) is 0. The Labute approximate surface area is 144 Å². The summed E-state index contributed by atoms with van der Waals surface area (Å²) in [6.07, 6.45) is 8.27. The average molecular weight is 328 g/mol. The molecule has 1 saturated heterocycles. The second-order valence-electron chi connectivity index (χ2n) is 8.66. The first-order valence-corrected chi connectivity index (χ1v) is 9.26. The van der Waals surface area contributed by atoms with Crippen LogP contribution in [0.25, 0.3) is 0 Å². The highest BCUT2D eigenvalue weighted by molar-refractivity contribution is 6.04. The van der Waals surface area contributed by atoms with E-state index >= 15 is 0 Å². The zero-order valence-electron chi connectivity index (χ0n) is 15.1. The van der Waals surface area contributed by atoms with Crippen molar-refractivity contribution in [1.29, 1.82) is 5.26 Å². The van der Waals surface area contributed by atoms with E-state index in [4.69, 9.17) is 0 Å². The molecule has 2 fully saturated rings. The molecule has 4 heteroatoms. The van der Waals surface area contributed by atoms with Crippen molar-refractivity contribution in [2.24, 2.45) is 22.7 Å². The van der Waals surface area contributed by atoms with Crippen LogP contribution in [-0.2, 0) is 9.59 Å². The SMILES string of the molecule is CC1(C)C(=O)C(C#N)=C[C@@]2(C)CN(C(=O)C3CCCCC3)CC[C@H]12. The molecular weight excluding hydrogens is 300 g/mol. The Kier molecular flexibility index (Phi) is 4.32. The zero-order valence-corrected chi connectivity index (χ0v) is 15.1. The van der Waals surface area contributed by atoms with Crippen LogP contribution in [0.1, 0.15) is 59.3 Å². The molecule has 2 atom stereocenters. The van der Waals surface area contributed by atoms with Crippen molar-refractivity contribution in [3.8, 4) is 6.07 Å². The number of rotatable bonds is 1. The van der Waals surface area contributed by atoms with Crippen LogP contribution in [0.2, 0.25) is 0 Å². The second-order valence-corrected chi connectivity index (χ2v) is 8.66. The minimum atomic E-state index is -0.533. The van der Waals surface area contributed by atoms with Crippen molar-refractivity contribution < 1.29 is 9.59 Å². The van der Waals surface area contributed by atoms with Gasteiger partial charge < -0.3 is 4.90 Å². The summed E-state index contributed by atoms with van der Waals surface area (Å²) in [6.45, 7) is 7.41. The van der Waals surface area contributed by atoms with E-state index in [1.807, 2.05) is 24.8 Å². The molecule has 0 unspecified atom stereocenters. The lowest BCUT2D eigenvalue weighted by Gasteiger charge is -2.53. The van der Waals surface area contributed by atoms with Crippen molar-refractivity contribution in [2.45, 2.75) is 59.3 Å². The molecule has 3 rings (SSSR count). The third kappa shape index (κ3) is 2.68. The van der Waals surface area contributed by atoms with Gasteiger partial charge in [-0.25, -0.2) is 0 Å². The van der Waals surface area contributed by atoms with Crippen molar-refractivity contribution in [2.75, 3.05) is 13.1 Å². The molecule has 0 N–H and O–H groups in total. The number of hydrogen-bond acceptors (Lipinski definition) is 3. The molecule has 0 bridgehead atoms. The summed E-state index contributed by atoms with van der Waals surface area (Å²) in [5.74, 6) is 0.608. The second kappa shape index (κ2) is 6.02. The molecule has 0 radical (unpaired) electrons. The normalized spacial score (nSPS) is 33.4. The van der Waals surface area contributed by atoms with Crippen LogP contribution in [0.3, 0.4) is 0 Å². The third-order valence-corrected chi connectivity index (χ3v) is 6.58. The van der Waals surface area contributed by atoms with Gasteiger partial charge >= 0.3 is 0 Å². The van der Waals surface area contributed by atoms with Crippen LogP contribution in [-0.4, -0.2) is 29.7 Å². The van der Waals surface area contributed by atoms with E-state index in [0.717, 1.165) is 38.6 Å². The quantitative estimate of drug-likeness (QED) is 0.740. The van der Waals surface area contributed by atoms with Crippen LogP contribution in [0.15, 0.2) is 11.6 Å². The van der Waals surface area contributed by atoms with Crippen molar-refractivity contribution in [1.82, 2.24) is 4.90 Å². The number of hydrogen-bond donors (Lipinski definition) is 0. The summed E-state index contributed by atoms with van der Waals surface area (Å²) >= 11 is 0. The topological polar surface area (TPSA) is 61.2 Å². The Morgan fingerprint density at radius 1 is 1.21 bits per heavy atom. The van der Waals surface area contributed by atoms with Gasteiger partial charge in [-0.1, -0.05) is 46.1 Å². The lowest BCUT2D eigenvalue weighted by molar-refractivity contribution is -0.144. The van der Waals surface area contributed by atoms with Crippen molar-refractivity contribution in [3.05, 3.63) is 11.6 Å². The van der Waals surface area contributed by atoms with Gasteiger partial charge in [0.1, 0.15) is 6.07 Å². The largest absolute Gasteiger partial charge is 0.342 e. The smallest absolute Gasteiger partial charge is 0.225 e. The van der Waals surface area contributed by atoms with Crippen LogP contribution in [0.5, 0.6) is 0 Å². The molecule has 1 saturated carbocycles. The predicted molar refractivity (Wildman–Crippen MR) is 91.9 cm³/mol. The number of piperidine rings is 1. The molecule has 0 aromatic carbocycles. The number of ketones is 1. The minimum Gasteiger partial charge on any atom is -0.342 e. The van der Waals surface area contributed by atoms with Gasteiger partial charge in [0.25, 0.3) is 0 Å². The van der Waals surface area contributed by atoms with Crippen LogP contribution < -0.4 is 0 Å². The van der Waals surface area contributed by atoms with E-state index in [1.165, 1.54) is 6.42 Å². The fourth-order valence-corrected chi connectivity index (χ4v) is 5.33. The summed E-state index contributed by atoms with van der Waals surface area (Å²) < 4.78 is 0. The summed E-state index contributed by atoms with van der Waals surface area (Å²) in [5, 5.41) is 9.36. The Balaban J connectivity index is 1.85.